The van der Waals surface area contributed by atoms with E-state index in [1.54, 1.807) is 0 Å². The van der Waals surface area contributed by atoms with Gasteiger partial charge in [-0.05, 0) is 16.3 Å². The smallest absolute Gasteiger partial charge is 0.157 e. The molecule has 0 amide bonds. The maximum atomic E-state index is 10.7. The lowest BCUT2D eigenvalue weighted by atomic mass is 10.1. The number of hydrogen-bond acceptors (Lipinski definition) is 1. The summed E-state index contributed by atoms with van der Waals surface area (Å²) in [6, 6.07) is 13.7. The standard InChI is InChI=1S/C11H10O2S/c12-14(13)8-10-6-3-5-9-4-1-2-7-11(9)10/h1-7H,8H2,(H,12,13). The van der Waals surface area contributed by atoms with Crippen molar-refractivity contribution in [3.8, 4) is 0 Å². The van der Waals surface area contributed by atoms with Gasteiger partial charge >= 0.3 is 0 Å². The van der Waals surface area contributed by atoms with Gasteiger partial charge in [-0.25, -0.2) is 4.21 Å². The Morgan fingerprint density at radius 3 is 2.57 bits per heavy atom. The van der Waals surface area contributed by atoms with Crippen molar-refractivity contribution in [3.63, 3.8) is 0 Å². The maximum absolute atomic E-state index is 10.7. The number of rotatable bonds is 2. The summed E-state index contributed by atoms with van der Waals surface area (Å²) in [6.07, 6.45) is 0. The van der Waals surface area contributed by atoms with Crippen LogP contribution in [0.15, 0.2) is 42.5 Å². The van der Waals surface area contributed by atoms with Crippen molar-refractivity contribution in [2.75, 3.05) is 0 Å². The second-order valence-corrected chi connectivity index (χ2v) is 4.04. The van der Waals surface area contributed by atoms with Gasteiger partial charge in [0.25, 0.3) is 0 Å². The fraction of sp³-hybridized carbons (Fsp3) is 0.0909. The second kappa shape index (κ2) is 3.90. The van der Waals surface area contributed by atoms with Crippen LogP contribution >= 0.6 is 0 Å². The lowest BCUT2D eigenvalue weighted by Crippen LogP contribution is -1.93. The van der Waals surface area contributed by atoms with Gasteiger partial charge < -0.3 is 4.55 Å². The van der Waals surface area contributed by atoms with Crippen molar-refractivity contribution in [2.45, 2.75) is 5.75 Å². The first-order valence-corrected chi connectivity index (χ1v) is 5.59. The molecule has 0 saturated heterocycles. The van der Waals surface area contributed by atoms with Gasteiger partial charge in [-0.2, -0.15) is 0 Å². The molecule has 0 spiro atoms. The van der Waals surface area contributed by atoms with E-state index in [1.807, 2.05) is 42.5 Å². The first-order valence-electron chi connectivity index (χ1n) is 4.31. The molecular weight excluding hydrogens is 196 g/mol. The van der Waals surface area contributed by atoms with Crippen molar-refractivity contribution in [1.29, 1.82) is 0 Å². The van der Waals surface area contributed by atoms with Gasteiger partial charge in [0.15, 0.2) is 11.1 Å². The Balaban J connectivity index is 2.59. The zero-order valence-electron chi connectivity index (χ0n) is 7.51. The van der Waals surface area contributed by atoms with E-state index in [1.165, 1.54) is 0 Å². The highest BCUT2D eigenvalue weighted by atomic mass is 32.2. The van der Waals surface area contributed by atoms with E-state index in [4.69, 9.17) is 4.55 Å². The number of hydrogen-bond donors (Lipinski definition) is 1. The Morgan fingerprint density at radius 2 is 1.79 bits per heavy atom. The van der Waals surface area contributed by atoms with Gasteiger partial charge in [0.2, 0.25) is 0 Å². The molecule has 72 valence electrons. The molecule has 1 atom stereocenters. The lowest BCUT2D eigenvalue weighted by molar-refractivity contribution is 0.563. The largest absolute Gasteiger partial charge is 0.306 e. The van der Waals surface area contributed by atoms with E-state index in [9.17, 15) is 4.21 Å². The predicted molar refractivity (Wildman–Crippen MR) is 58.4 cm³/mol. The summed E-state index contributed by atoms with van der Waals surface area (Å²) < 4.78 is 19.6. The minimum Gasteiger partial charge on any atom is -0.306 e. The SMILES string of the molecule is O=S(O)Cc1cccc2ccccc12. The van der Waals surface area contributed by atoms with Crippen LogP contribution in [0.25, 0.3) is 10.8 Å². The van der Waals surface area contributed by atoms with Gasteiger partial charge in [0, 0.05) is 0 Å². The van der Waals surface area contributed by atoms with E-state index in [-0.39, 0.29) is 5.75 Å². The molecule has 1 unspecified atom stereocenters. The fourth-order valence-electron chi connectivity index (χ4n) is 1.55. The van der Waals surface area contributed by atoms with Crippen molar-refractivity contribution < 1.29 is 8.76 Å². The zero-order valence-corrected chi connectivity index (χ0v) is 8.33. The molecule has 0 bridgehead atoms. The molecule has 0 radical (unpaired) electrons. The molecule has 0 saturated carbocycles. The van der Waals surface area contributed by atoms with Crippen molar-refractivity contribution in [1.82, 2.24) is 0 Å². The van der Waals surface area contributed by atoms with Gasteiger partial charge in [-0.3, -0.25) is 0 Å². The monoisotopic (exact) mass is 206 g/mol. The van der Waals surface area contributed by atoms with Gasteiger partial charge in [0.1, 0.15) is 0 Å². The highest BCUT2D eigenvalue weighted by Crippen LogP contribution is 2.19. The average Bonchev–Trinajstić information content (AvgIpc) is 2.18. The molecule has 2 aromatic rings. The summed E-state index contributed by atoms with van der Waals surface area (Å²) in [5, 5.41) is 2.16. The molecule has 0 fully saturated rings. The van der Waals surface area contributed by atoms with Crippen LogP contribution in [0.3, 0.4) is 0 Å². The van der Waals surface area contributed by atoms with Crippen LogP contribution in [0.4, 0.5) is 0 Å². The van der Waals surface area contributed by atoms with Crippen molar-refractivity contribution >= 4 is 21.9 Å². The quantitative estimate of drug-likeness (QED) is 0.767. The van der Waals surface area contributed by atoms with E-state index >= 15 is 0 Å². The van der Waals surface area contributed by atoms with Crippen LogP contribution in [-0.4, -0.2) is 8.76 Å². The molecule has 3 heteroatoms. The summed E-state index contributed by atoms with van der Waals surface area (Å²) in [5.74, 6) is 0.196. The third-order valence-electron chi connectivity index (χ3n) is 2.16. The highest BCUT2D eigenvalue weighted by molar-refractivity contribution is 7.78. The topological polar surface area (TPSA) is 37.3 Å². The summed E-state index contributed by atoms with van der Waals surface area (Å²) >= 11 is -1.77. The predicted octanol–water partition coefficient (Wildman–Crippen LogP) is 2.56. The highest BCUT2D eigenvalue weighted by Gasteiger charge is 2.02. The minimum atomic E-state index is -1.77. The average molecular weight is 206 g/mol. The first-order chi connectivity index (χ1) is 6.77. The lowest BCUT2D eigenvalue weighted by Gasteiger charge is -2.03. The molecule has 1 N–H and O–H groups in total. The Bertz CT molecular complexity index is 474. The maximum Gasteiger partial charge on any atom is 0.157 e. The van der Waals surface area contributed by atoms with E-state index in [0.717, 1.165) is 16.3 Å². The zero-order chi connectivity index (χ0) is 9.97. The molecule has 0 aliphatic heterocycles. The molecule has 14 heavy (non-hydrogen) atoms. The second-order valence-electron chi connectivity index (χ2n) is 3.10. The summed E-state index contributed by atoms with van der Waals surface area (Å²) in [6.45, 7) is 0. The third-order valence-corrected chi connectivity index (χ3v) is 2.72. The Labute approximate surface area is 84.9 Å². The molecule has 0 heterocycles. The molecule has 2 aromatic carbocycles. The molecular formula is C11H10O2S. The molecule has 0 aliphatic carbocycles. The van der Waals surface area contributed by atoms with Gasteiger partial charge in [-0.15, -0.1) is 0 Å². The van der Waals surface area contributed by atoms with E-state index < -0.39 is 11.1 Å². The van der Waals surface area contributed by atoms with Crippen LogP contribution in [-0.2, 0) is 16.8 Å². The molecule has 0 aliphatic rings. The third kappa shape index (κ3) is 1.84. The number of fused-ring (bicyclic) bond motifs is 1. The molecule has 2 rings (SSSR count). The summed E-state index contributed by atoms with van der Waals surface area (Å²) in [4.78, 5) is 0. The van der Waals surface area contributed by atoms with Crippen LogP contribution in [0.1, 0.15) is 5.56 Å². The van der Waals surface area contributed by atoms with E-state index in [0.29, 0.717) is 0 Å². The summed E-state index contributed by atoms with van der Waals surface area (Å²) in [5.41, 5.74) is 0.920. The van der Waals surface area contributed by atoms with Crippen molar-refractivity contribution in [3.05, 3.63) is 48.0 Å². The number of benzene rings is 2. The van der Waals surface area contributed by atoms with Gasteiger partial charge in [-0.1, -0.05) is 42.5 Å². The Kier molecular flexibility index (Phi) is 2.61. The van der Waals surface area contributed by atoms with Crippen LogP contribution in [0, 0.1) is 0 Å². The normalized spacial score (nSPS) is 12.9. The van der Waals surface area contributed by atoms with Crippen LogP contribution in [0.5, 0.6) is 0 Å². The fourth-order valence-corrected chi connectivity index (χ4v) is 2.07. The van der Waals surface area contributed by atoms with Crippen LogP contribution in [0.2, 0.25) is 0 Å². The molecule has 2 nitrogen and oxygen atoms in total. The minimum absolute atomic E-state index is 0.196. The first kappa shape index (κ1) is 9.37. The van der Waals surface area contributed by atoms with Gasteiger partial charge in [0.05, 0.1) is 5.75 Å². The Morgan fingerprint density at radius 1 is 1.07 bits per heavy atom. The van der Waals surface area contributed by atoms with E-state index in [2.05, 4.69) is 0 Å². The molecule has 0 aromatic heterocycles. The Hall–Kier alpha value is -1.19. The summed E-state index contributed by atoms with van der Waals surface area (Å²) in [7, 11) is 0. The van der Waals surface area contributed by atoms with Crippen molar-refractivity contribution in [2.24, 2.45) is 0 Å². The van der Waals surface area contributed by atoms with Crippen LogP contribution < -0.4 is 0 Å².